The summed E-state index contributed by atoms with van der Waals surface area (Å²) in [5, 5.41) is 15.1. The number of rotatable bonds is 9. The first-order valence-corrected chi connectivity index (χ1v) is 14.3. The fraction of sp³-hybridized carbons (Fsp3) is 0.400. The van der Waals surface area contributed by atoms with Gasteiger partial charge in [0.2, 0.25) is 5.91 Å². The molecule has 1 aliphatic heterocycles. The van der Waals surface area contributed by atoms with Gasteiger partial charge in [0.25, 0.3) is 5.91 Å². The lowest BCUT2D eigenvalue weighted by Crippen LogP contribution is -2.56. The molecule has 10 heteroatoms. The van der Waals surface area contributed by atoms with Gasteiger partial charge in [-0.15, -0.1) is 11.3 Å². The first-order chi connectivity index (χ1) is 19.1. The average molecular weight is 564 g/mol. The molecule has 9 nitrogen and oxygen atoms in total. The monoisotopic (exact) mass is 563 g/mol. The number of carbonyl (C=O) groups is 3. The van der Waals surface area contributed by atoms with Gasteiger partial charge in [0.15, 0.2) is 6.61 Å². The number of piperazine rings is 1. The molecular formula is C30H35N4O5S+. The summed E-state index contributed by atoms with van der Waals surface area (Å²) >= 11 is 1.44. The van der Waals surface area contributed by atoms with Gasteiger partial charge in [-0.05, 0) is 48.2 Å². The number of carboxylic acid groups (broad SMARTS) is 1. The molecule has 2 aromatic carbocycles. The number of quaternary nitrogens is 1. The second-order valence-electron chi connectivity index (χ2n) is 11.4. The molecule has 0 unspecified atom stereocenters. The molecule has 2 aliphatic rings. The van der Waals surface area contributed by atoms with Gasteiger partial charge in [-0.2, -0.15) is 0 Å². The number of aromatic nitrogens is 1. The molecule has 0 spiro atoms. The normalized spacial score (nSPS) is 17.2. The minimum Gasteiger partial charge on any atom is -0.484 e. The molecule has 3 aromatic rings. The zero-order chi connectivity index (χ0) is 28.3. The Morgan fingerprint density at radius 1 is 1.05 bits per heavy atom. The van der Waals surface area contributed by atoms with Crippen LogP contribution in [-0.4, -0.2) is 84.1 Å². The minimum atomic E-state index is -0.989. The van der Waals surface area contributed by atoms with E-state index in [-0.39, 0.29) is 31.4 Å². The van der Waals surface area contributed by atoms with E-state index in [2.05, 4.69) is 24.4 Å². The SMILES string of the molecule is C[N+]1(C)CCN(C(=O)COc2ccc(-c3csc(CNC(=O)C4(CC(=O)O)Cc5ccccc5C4)n3)cc2)CC1. The summed E-state index contributed by atoms with van der Waals surface area (Å²) in [6.07, 6.45) is 0.617. The van der Waals surface area contributed by atoms with Crippen LogP contribution < -0.4 is 10.1 Å². The van der Waals surface area contributed by atoms with Crippen LogP contribution in [0.3, 0.4) is 0 Å². The van der Waals surface area contributed by atoms with Gasteiger partial charge in [0.05, 0.1) is 64.3 Å². The van der Waals surface area contributed by atoms with Crippen LogP contribution in [0.1, 0.15) is 22.6 Å². The minimum absolute atomic E-state index is 0.00147. The number of aliphatic carboxylic acids is 1. The lowest BCUT2D eigenvalue weighted by atomic mass is 9.80. The number of carboxylic acids is 1. The van der Waals surface area contributed by atoms with Crippen molar-refractivity contribution < 1.29 is 28.7 Å². The third kappa shape index (κ3) is 6.34. The number of hydrogen-bond donors (Lipinski definition) is 2. The van der Waals surface area contributed by atoms with Crippen molar-refractivity contribution in [3.63, 3.8) is 0 Å². The Hall–Kier alpha value is -3.76. The molecule has 0 bridgehead atoms. The van der Waals surface area contributed by atoms with Crippen LogP contribution >= 0.6 is 11.3 Å². The van der Waals surface area contributed by atoms with Crippen molar-refractivity contribution in [2.45, 2.75) is 25.8 Å². The molecule has 0 atom stereocenters. The van der Waals surface area contributed by atoms with Crippen LogP contribution in [0.4, 0.5) is 0 Å². The van der Waals surface area contributed by atoms with Crippen LogP contribution in [0.5, 0.6) is 5.75 Å². The van der Waals surface area contributed by atoms with Crippen LogP contribution in [0.25, 0.3) is 11.3 Å². The number of hydrogen-bond acceptors (Lipinski definition) is 6. The number of fused-ring (bicyclic) bond motifs is 1. The van der Waals surface area contributed by atoms with E-state index in [1.807, 2.05) is 58.8 Å². The topological polar surface area (TPSA) is 109 Å². The molecule has 2 heterocycles. The average Bonchev–Trinajstić information content (AvgIpc) is 3.55. The largest absolute Gasteiger partial charge is 0.484 e. The van der Waals surface area contributed by atoms with Gasteiger partial charge >= 0.3 is 5.97 Å². The van der Waals surface area contributed by atoms with E-state index in [1.165, 1.54) is 11.3 Å². The highest BCUT2D eigenvalue weighted by atomic mass is 32.1. The molecular weight excluding hydrogens is 528 g/mol. The Morgan fingerprint density at radius 2 is 1.70 bits per heavy atom. The molecule has 1 aliphatic carbocycles. The maximum absolute atomic E-state index is 13.3. The first kappa shape index (κ1) is 27.8. The molecule has 1 aromatic heterocycles. The van der Waals surface area contributed by atoms with E-state index in [9.17, 15) is 19.5 Å². The van der Waals surface area contributed by atoms with E-state index in [4.69, 9.17) is 4.74 Å². The number of ether oxygens (including phenoxy) is 1. The van der Waals surface area contributed by atoms with Gasteiger partial charge in [-0.3, -0.25) is 14.4 Å². The molecule has 40 heavy (non-hydrogen) atoms. The highest BCUT2D eigenvalue weighted by Crippen LogP contribution is 2.40. The van der Waals surface area contributed by atoms with E-state index in [0.717, 1.165) is 58.1 Å². The van der Waals surface area contributed by atoms with Crippen LogP contribution in [-0.2, 0) is 33.8 Å². The Bertz CT molecular complexity index is 1370. The number of likely N-dealkylation sites (N-methyl/N-ethyl adjacent to an activating group) is 1. The van der Waals surface area contributed by atoms with Crippen molar-refractivity contribution in [1.29, 1.82) is 0 Å². The van der Waals surface area contributed by atoms with Crippen LogP contribution in [0.2, 0.25) is 0 Å². The van der Waals surface area contributed by atoms with Gasteiger partial charge < -0.3 is 24.5 Å². The molecule has 210 valence electrons. The Labute approximate surface area is 238 Å². The summed E-state index contributed by atoms with van der Waals surface area (Å²) in [6, 6.07) is 15.2. The maximum Gasteiger partial charge on any atom is 0.304 e. The predicted molar refractivity (Wildman–Crippen MR) is 152 cm³/mol. The number of thiazole rings is 1. The third-order valence-electron chi connectivity index (χ3n) is 7.91. The van der Waals surface area contributed by atoms with E-state index >= 15 is 0 Å². The van der Waals surface area contributed by atoms with Crippen LogP contribution in [0, 0.1) is 5.41 Å². The molecule has 0 radical (unpaired) electrons. The van der Waals surface area contributed by atoms with E-state index in [0.29, 0.717) is 18.6 Å². The highest BCUT2D eigenvalue weighted by molar-refractivity contribution is 7.09. The van der Waals surface area contributed by atoms with E-state index in [1.54, 1.807) is 0 Å². The van der Waals surface area contributed by atoms with Crippen molar-refractivity contribution in [2.24, 2.45) is 5.41 Å². The lowest BCUT2D eigenvalue weighted by molar-refractivity contribution is -0.894. The second-order valence-corrected chi connectivity index (χ2v) is 12.3. The fourth-order valence-electron chi connectivity index (χ4n) is 5.43. The van der Waals surface area contributed by atoms with Crippen molar-refractivity contribution in [3.8, 4) is 17.0 Å². The summed E-state index contributed by atoms with van der Waals surface area (Å²) < 4.78 is 6.67. The maximum atomic E-state index is 13.3. The van der Waals surface area contributed by atoms with Crippen molar-refractivity contribution >= 4 is 29.1 Å². The Balaban J connectivity index is 1.14. The molecule has 2 amide bonds. The van der Waals surface area contributed by atoms with Crippen LogP contribution in [0.15, 0.2) is 53.9 Å². The van der Waals surface area contributed by atoms with Gasteiger partial charge in [-0.25, -0.2) is 4.98 Å². The zero-order valence-corrected chi connectivity index (χ0v) is 23.7. The Kier molecular flexibility index (Phi) is 7.91. The number of benzene rings is 2. The number of carbonyl (C=O) groups excluding carboxylic acids is 2. The van der Waals surface area contributed by atoms with Gasteiger partial charge in [0.1, 0.15) is 10.8 Å². The second kappa shape index (κ2) is 11.4. The summed E-state index contributed by atoms with van der Waals surface area (Å²) in [5.41, 5.74) is 2.75. The molecule has 1 saturated heterocycles. The fourth-order valence-corrected chi connectivity index (χ4v) is 6.17. The molecule has 5 rings (SSSR count). The lowest BCUT2D eigenvalue weighted by Gasteiger charge is -2.38. The standard InChI is InChI=1S/C30H34N4O5S/c1-34(2)13-11-33(12-14-34)27(35)19-39-24-9-7-21(8-10-24)25-20-40-26(32-25)18-31-29(38)30(17-28(36)37)15-22-5-3-4-6-23(22)16-30/h3-10,20H,11-19H2,1-2H3,(H-,31,36,37,38)/p+1. The molecule has 1 fully saturated rings. The zero-order valence-electron chi connectivity index (χ0n) is 22.9. The van der Waals surface area contributed by atoms with Crippen molar-refractivity contribution in [3.05, 3.63) is 70.0 Å². The summed E-state index contributed by atoms with van der Waals surface area (Å²) in [7, 11) is 4.35. The Morgan fingerprint density at radius 3 is 2.33 bits per heavy atom. The smallest absolute Gasteiger partial charge is 0.304 e. The highest BCUT2D eigenvalue weighted by Gasteiger charge is 2.45. The third-order valence-corrected chi connectivity index (χ3v) is 8.76. The number of nitrogens with zero attached hydrogens (tertiary/aromatic N) is 3. The van der Waals surface area contributed by atoms with Crippen molar-refractivity contribution in [1.82, 2.24) is 15.2 Å². The first-order valence-electron chi connectivity index (χ1n) is 13.5. The summed E-state index contributed by atoms with van der Waals surface area (Å²) in [4.78, 5) is 43.9. The van der Waals surface area contributed by atoms with Gasteiger partial charge in [-0.1, -0.05) is 24.3 Å². The summed E-state index contributed by atoms with van der Waals surface area (Å²) in [6.45, 7) is 3.62. The van der Waals surface area contributed by atoms with Gasteiger partial charge in [0, 0.05) is 10.9 Å². The number of amides is 2. The summed E-state index contributed by atoms with van der Waals surface area (Å²) in [5.74, 6) is -0.617. The quantitative estimate of drug-likeness (QED) is 0.388. The molecule has 2 N–H and O–H groups in total. The predicted octanol–water partition coefficient (Wildman–Crippen LogP) is 2.98. The van der Waals surface area contributed by atoms with E-state index < -0.39 is 11.4 Å². The molecule has 0 saturated carbocycles. The number of nitrogens with one attached hydrogen (secondary N) is 1. The van der Waals surface area contributed by atoms with Crippen molar-refractivity contribution in [2.75, 3.05) is 46.9 Å².